The van der Waals surface area contributed by atoms with Crippen LogP contribution in [0.15, 0.2) is 0 Å². The van der Waals surface area contributed by atoms with Gasteiger partial charge in [-0.05, 0) is 26.7 Å². The molecule has 0 aromatic heterocycles. The highest BCUT2D eigenvalue weighted by atomic mass is 31.2. The molecule has 56 heavy (non-hydrogen) atoms. The molecule has 0 spiro atoms. The molecule has 0 saturated carbocycles. The van der Waals surface area contributed by atoms with Crippen molar-refractivity contribution in [2.24, 2.45) is 5.92 Å². The van der Waals surface area contributed by atoms with E-state index in [1.54, 1.807) is 0 Å². The first-order valence-corrected chi connectivity index (χ1v) is 21.1. The van der Waals surface area contributed by atoms with Crippen LogP contribution in [0.5, 0.6) is 0 Å². The second kappa shape index (κ2) is 43.2. The highest BCUT2D eigenvalue weighted by Crippen LogP contribution is 2.50. The minimum absolute atomic E-state index is 0.0229. The van der Waals surface area contributed by atoms with Gasteiger partial charge in [0, 0.05) is 19.6 Å². The number of hydrogen-bond acceptors (Lipinski definition) is 19. The number of carbonyl (C=O) groups is 2. The average Bonchev–Trinajstić information content (AvgIpc) is 3.20. The zero-order valence-corrected chi connectivity index (χ0v) is 35.2. The zero-order valence-electron chi connectivity index (χ0n) is 34.3. The molecule has 0 aliphatic rings. The Morgan fingerprint density at radius 2 is 0.804 bits per heavy atom. The van der Waals surface area contributed by atoms with Crippen LogP contribution >= 0.6 is 7.60 Å². The lowest BCUT2D eigenvalue weighted by molar-refractivity contribution is -0.146. The van der Waals surface area contributed by atoms with Crippen molar-refractivity contribution in [2.75, 3.05) is 186 Å². The standard InChI is InChI=1S/C36H71O19P/c1-5-42-12-14-44-16-18-46-20-21-48-22-23-49-26-27-51-30-31-55-56(39,32-34(36(38)41-4)8-9-35(37)40-3)54-11-7-10-52-33-53-29-28-50-25-24-47-19-17-45-15-13-43-6-2/h34H,5-33H2,1-4H3. The smallest absolute Gasteiger partial charge is 0.331 e. The topological polar surface area (TPSA) is 199 Å². The Morgan fingerprint density at radius 3 is 1.20 bits per heavy atom. The number of ether oxygens (including phenoxy) is 14. The van der Waals surface area contributed by atoms with Crippen molar-refractivity contribution in [1.29, 1.82) is 0 Å². The zero-order chi connectivity index (χ0) is 41.1. The lowest BCUT2D eigenvalue weighted by Gasteiger charge is -2.22. The molecule has 0 bridgehead atoms. The van der Waals surface area contributed by atoms with Crippen LogP contribution in [0.1, 0.15) is 33.1 Å². The number of hydrogen-bond donors (Lipinski definition) is 0. The van der Waals surface area contributed by atoms with E-state index in [2.05, 4.69) is 4.74 Å². The van der Waals surface area contributed by atoms with E-state index in [4.69, 9.17) is 70.6 Å². The minimum atomic E-state index is -3.82. The summed E-state index contributed by atoms with van der Waals surface area (Å²) in [6.07, 6.45) is 0.0674. The summed E-state index contributed by atoms with van der Waals surface area (Å²) in [5.74, 6) is -2.06. The number of methoxy groups -OCH3 is 2. The predicted molar refractivity (Wildman–Crippen MR) is 202 cm³/mol. The maximum absolute atomic E-state index is 13.7. The number of carbonyl (C=O) groups excluding carboxylic acids is 2. The maximum Gasteiger partial charge on any atom is 0.331 e. The van der Waals surface area contributed by atoms with Crippen LogP contribution in [0.4, 0.5) is 0 Å². The summed E-state index contributed by atoms with van der Waals surface area (Å²) in [6.45, 7) is 13.7. The molecule has 0 saturated heterocycles. The van der Waals surface area contributed by atoms with Crippen molar-refractivity contribution in [1.82, 2.24) is 0 Å². The van der Waals surface area contributed by atoms with Crippen LogP contribution < -0.4 is 0 Å². The third-order valence-electron chi connectivity index (χ3n) is 7.06. The summed E-state index contributed by atoms with van der Waals surface area (Å²) < 4.78 is 99.4. The Morgan fingerprint density at radius 1 is 0.446 bits per heavy atom. The molecule has 0 N–H and O–H groups in total. The highest BCUT2D eigenvalue weighted by molar-refractivity contribution is 7.53. The molecule has 0 radical (unpaired) electrons. The fraction of sp³-hybridized carbons (Fsp3) is 0.944. The van der Waals surface area contributed by atoms with Crippen molar-refractivity contribution >= 4 is 19.5 Å². The summed E-state index contributed by atoms with van der Waals surface area (Å²) in [5.41, 5.74) is 0. The fourth-order valence-electron chi connectivity index (χ4n) is 4.20. The van der Waals surface area contributed by atoms with E-state index in [9.17, 15) is 14.2 Å². The Balaban J connectivity index is 4.23. The third-order valence-corrected chi connectivity index (χ3v) is 9.10. The van der Waals surface area contributed by atoms with Crippen molar-refractivity contribution in [3.05, 3.63) is 0 Å². The molecular weight excluding hydrogens is 767 g/mol. The normalized spacial score (nSPS) is 13.1. The van der Waals surface area contributed by atoms with E-state index in [1.807, 2.05) is 13.8 Å². The Bertz CT molecular complexity index is 856. The first-order chi connectivity index (χ1) is 27.4. The Labute approximate surface area is 333 Å². The van der Waals surface area contributed by atoms with Gasteiger partial charge < -0.3 is 75.4 Å². The van der Waals surface area contributed by atoms with Crippen molar-refractivity contribution < 1.29 is 89.5 Å². The van der Waals surface area contributed by atoms with Crippen LogP contribution in [-0.4, -0.2) is 198 Å². The van der Waals surface area contributed by atoms with Crippen LogP contribution in [0.25, 0.3) is 0 Å². The predicted octanol–water partition coefficient (Wildman–Crippen LogP) is 2.54. The maximum atomic E-state index is 13.7. The van der Waals surface area contributed by atoms with Gasteiger partial charge in [-0.3, -0.25) is 14.2 Å². The van der Waals surface area contributed by atoms with Crippen LogP contribution in [-0.2, 0) is 89.5 Å². The lowest BCUT2D eigenvalue weighted by atomic mass is 10.1. The Hall–Kier alpha value is -1.39. The summed E-state index contributed by atoms with van der Waals surface area (Å²) >= 11 is 0. The molecule has 0 heterocycles. The van der Waals surface area contributed by atoms with E-state index in [1.165, 1.54) is 14.2 Å². The molecule has 334 valence electrons. The molecule has 0 rings (SSSR count). The minimum Gasteiger partial charge on any atom is -0.469 e. The van der Waals surface area contributed by atoms with Gasteiger partial charge in [0.15, 0.2) is 0 Å². The molecule has 0 amide bonds. The van der Waals surface area contributed by atoms with Crippen molar-refractivity contribution in [3.63, 3.8) is 0 Å². The largest absolute Gasteiger partial charge is 0.469 e. The summed E-state index contributed by atoms with van der Waals surface area (Å²) in [7, 11) is -1.36. The van der Waals surface area contributed by atoms with Gasteiger partial charge in [-0.25, -0.2) is 0 Å². The average molecular weight is 839 g/mol. The second-order valence-corrected chi connectivity index (χ2v) is 13.5. The van der Waals surface area contributed by atoms with Crippen molar-refractivity contribution in [3.8, 4) is 0 Å². The lowest BCUT2D eigenvalue weighted by Crippen LogP contribution is -2.23. The van der Waals surface area contributed by atoms with E-state index < -0.39 is 25.5 Å². The molecule has 0 aromatic carbocycles. The summed E-state index contributed by atoms with van der Waals surface area (Å²) in [4.78, 5) is 24.2. The molecule has 2 atom stereocenters. The molecule has 20 heteroatoms. The van der Waals surface area contributed by atoms with E-state index in [-0.39, 0.29) is 58.8 Å². The second-order valence-electron chi connectivity index (χ2n) is 11.4. The summed E-state index contributed by atoms with van der Waals surface area (Å²) in [5, 5.41) is 0. The molecular formula is C36H71O19P. The van der Waals surface area contributed by atoms with Gasteiger partial charge in [-0.15, -0.1) is 0 Å². The van der Waals surface area contributed by atoms with E-state index >= 15 is 0 Å². The first kappa shape index (κ1) is 54.6. The molecule has 19 nitrogen and oxygen atoms in total. The number of esters is 2. The van der Waals surface area contributed by atoms with E-state index in [0.717, 1.165) is 0 Å². The van der Waals surface area contributed by atoms with Gasteiger partial charge in [0.1, 0.15) is 6.79 Å². The SMILES string of the molecule is CCOCCOCCOCCOCCOCCOCCOP(=O)(CC(CCC(=O)OC)C(=O)OC)OCCCOCOCCOCCOCCOCCOCC. The molecule has 0 fully saturated rings. The van der Waals surface area contributed by atoms with Gasteiger partial charge >= 0.3 is 19.5 Å². The first-order valence-electron chi connectivity index (χ1n) is 19.4. The monoisotopic (exact) mass is 838 g/mol. The van der Waals surface area contributed by atoms with Gasteiger partial charge in [0.05, 0.1) is 172 Å². The van der Waals surface area contributed by atoms with Gasteiger partial charge in [0.25, 0.3) is 0 Å². The Kier molecular flexibility index (Phi) is 42.1. The quantitative estimate of drug-likeness (QED) is 0.0375. The fourth-order valence-corrected chi connectivity index (χ4v) is 6.12. The van der Waals surface area contributed by atoms with Gasteiger partial charge in [0.2, 0.25) is 0 Å². The molecule has 0 aromatic rings. The molecule has 0 aliphatic heterocycles. The van der Waals surface area contributed by atoms with E-state index in [0.29, 0.717) is 132 Å². The molecule has 2 unspecified atom stereocenters. The highest BCUT2D eigenvalue weighted by Gasteiger charge is 2.34. The number of rotatable bonds is 46. The third kappa shape index (κ3) is 38.1. The van der Waals surface area contributed by atoms with Gasteiger partial charge in [-0.1, -0.05) is 0 Å². The van der Waals surface area contributed by atoms with Crippen LogP contribution in [0.2, 0.25) is 0 Å². The van der Waals surface area contributed by atoms with Crippen molar-refractivity contribution in [2.45, 2.75) is 33.1 Å². The molecule has 0 aliphatic carbocycles. The van der Waals surface area contributed by atoms with Gasteiger partial charge in [-0.2, -0.15) is 0 Å². The van der Waals surface area contributed by atoms with Crippen LogP contribution in [0, 0.1) is 5.92 Å². The van der Waals surface area contributed by atoms with Crippen LogP contribution in [0.3, 0.4) is 0 Å². The summed E-state index contributed by atoms with van der Waals surface area (Å²) in [6, 6.07) is 0.